The summed E-state index contributed by atoms with van der Waals surface area (Å²) in [6.45, 7) is 6.86. The van der Waals surface area contributed by atoms with Gasteiger partial charge >= 0.3 is 0 Å². The lowest BCUT2D eigenvalue weighted by atomic mass is 10.1. The van der Waals surface area contributed by atoms with Gasteiger partial charge in [-0.25, -0.2) is 15.4 Å². The van der Waals surface area contributed by atoms with Gasteiger partial charge in [0.1, 0.15) is 11.0 Å². The lowest BCUT2D eigenvalue weighted by Gasteiger charge is -2.04. The molecular weight excluding hydrogens is 386 g/mol. The Morgan fingerprint density at radius 1 is 1.14 bits per heavy atom. The largest absolute Gasteiger partial charge is 0.329 e. The van der Waals surface area contributed by atoms with E-state index in [2.05, 4.69) is 32.0 Å². The van der Waals surface area contributed by atoms with E-state index < -0.39 is 0 Å². The molecule has 1 N–H and O–H groups in total. The van der Waals surface area contributed by atoms with E-state index in [1.807, 2.05) is 44.2 Å². The molecule has 0 atom stereocenters. The number of carbonyl (C=O) groups is 1. The van der Waals surface area contributed by atoms with Crippen LogP contribution < -0.4 is 5.43 Å². The Morgan fingerprint density at radius 3 is 2.76 bits per heavy atom. The second-order valence-corrected chi connectivity index (χ2v) is 7.23. The van der Waals surface area contributed by atoms with E-state index >= 15 is 0 Å². The molecule has 1 amide bonds. The van der Waals surface area contributed by atoms with Crippen LogP contribution in [0.1, 0.15) is 34.2 Å². The van der Waals surface area contributed by atoms with Gasteiger partial charge in [0.25, 0.3) is 5.91 Å². The molecule has 0 aliphatic rings. The molecule has 0 saturated carbocycles. The van der Waals surface area contributed by atoms with Crippen LogP contribution in [0.15, 0.2) is 47.6 Å². The summed E-state index contributed by atoms with van der Waals surface area (Å²) >= 11 is 6.26. The van der Waals surface area contributed by atoms with Gasteiger partial charge in [-0.3, -0.25) is 4.79 Å². The molecule has 4 aromatic rings. The number of aromatic nitrogens is 3. The maximum atomic E-state index is 12.5. The van der Waals surface area contributed by atoms with Gasteiger partial charge in [-0.2, -0.15) is 5.10 Å². The van der Waals surface area contributed by atoms with E-state index in [1.165, 1.54) is 6.21 Å². The number of rotatable bonds is 4. The van der Waals surface area contributed by atoms with Crippen molar-refractivity contribution in [2.45, 2.75) is 27.3 Å². The Kier molecular flexibility index (Phi) is 5.03. The highest BCUT2D eigenvalue weighted by Gasteiger charge is 2.10. The van der Waals surface area contributed by atoms with Crippen molar-refractivity contribution in [1.29, 1.82) is 0 Å². The number of imidazole rings is 1. The summed E-state index contributed by atoms with van der Waals surface area (Å²) in [5.74, 6) is 0.610. The second kappa shape index (κ2) is 7.64. The molecule has 2 aromatic heterocycles. The van der Waals surface area contributed by atoms with Crippen LogP contribution in [0.2, 0.25) is 5.15 Å². The van der Waals surface area contributed by atoms with Crippen molar-refractivity contribution in [2.24, 2.45) is 5.10 Å². The molecule has 0 aliphatic heterocycles. The summed E-state index contributed by atoms with van der Waals surface area (Å²) in [6, 6.07) is 13.3. The van der Waals surface area contributed by atoms with Crippen LogP contribution in [-0.4, -0.2) is 26.7 Å². The van der Waals surface area contributed by atoms with Crippen LogP contribution in [0.25, 0.3) is 21.9 Å². The highest BCUT2D eigenvalue weighted by Crippen LogP contribution is 2.21. The number of benzene rings is 2. The number of halogens is 1. The smallest absolute Gasteiger partial charge is 0.271 e. The zero-order valence-corrected chi connectivity index (χ0v) is 17.2. The minimum absolute atomic E-state index is 0.313. The van der Waals surface area contributed by atoms with Crippen molar-refractivity contribution in [1.82, 2.24) is 20.0 Å². The molecular formula is C22H20ClN5O. The van der Waals surface area contributed by atoms with Crippen LogP contribution >= 0.6 is 11.6 Å². The molecule has 6 nitrogen and oxygen atoms in total. The van der Waals surface area contributed by atoms with E-state index in [1.54, 1.807) is 12.1 Å². The number of nitrogens with zero attached hydrogens (tertiary/aromatic N) is 4. The summed E-state index contributed by atoms with van der Waals surface area (Å²) in [5.41, 5.74) is 7.41. The first kappa shape index (κ1) is 19.1. The van der Waals surface area contributed by atoms with Gasteiger partial charge in [0.2, 0.25) is 0 Å². The van der Waals surface area contributed by atoms with Crippen molar-refractivity contribution < 1.29 is 4.79 Å². The molecule has 0 saturated heterocycles. The average molecular weight is 406 g/mol. The Labute approximate surface area is 173 Å². The number of hydrazone groups is 1. The standard InChI is InChI=1S/C22H20ClN5O/c1-4-28-14(3)25-19-11-16(7-8-20(19)28)22(29)27-24-12-17-10-15-6-5-13(2)9-18(15)26-21(17)23/h5-12H,4H2,1-3H3,(H,27,29)/b24-12+. The van der Waals surface area contributed by atoms with Crippen molar-refractivity contribution in [3.63, 3.8) is 0 Å². The van der Waals surface area contributed by atoms with Gasteiger partial charge in [0.05, 0.1) is 22.8 Å². The molecule has 0 aliphatic carbocycles. The number of hydrogen-bond acceptors (Lipinski definition) is 4. The summed E-state index contributed by atoms with van der Waals surface area (Å²) < 4.78 is 2.10. The highest BCUT2D eigenvalue weighted by atomic mass is 35.5. The van der Waals surface area contributed by atoms with Gasteiger partial charge in [-0.1, -0.05) is 23.7 Å². The number of nitrogens with one attached hydrogen (secondary N) is 1. The Morgan fingerprint density at radius 2 is 1.97 bits per heavy atom. The maximum absolute atomic E-state index is 12.5. The molecule has 4 rings (SSSR count). The fraction of sp³-hybridized carbons (Fsp3) is 0.182. The monoisotopic (exact) mass is 405 g/mol. The van der Waals surface area contributed by atoms with E-state index in [0.717, 1.165) is 39.9 Å². The number of carbonyl (C=O) groups excluding carboxylic acids is 1. The SMILES string of the molecule is CCn1c(C)nc2cc(C(=O)N/N=C/c3cc4ccc(C)cc4nc3Cl)ccc21. The zero-order valence-electron chi connectivity index (χ0n) is 16.4. The Hall–Kier alpha value is -3.25. The number of fused-ring (bicyclic) bond motifs is 2. The first-order chi connectivity index (χ1) is 14.0. The normalized spacial score (nSPS) is 11.6. The first-order valence-corrected chi connectivity index (χ1v) is 9.71. The topological polar surface area (TPSA) is 72.2 Å². The lowest BCUT2D eigenvalue weighted by molar-refractivity contribution is 0.0955. The van der Waals surface area contributed by atoms with Crippen LogP contribution in [0.5, 0.6) is 0 Å². The van der Waals surface area contributed by atoms with E-state index in [4.69, 9.17) is 11.6 Å². The second-order valence-electron chi connectivity index (χ2n) is 6.87. The van der Waals surface area contributed by atoms with Crippen LogP contribution in [0.4, 0.5) is 0 Å². The number of amides is 1. The van der Waals surface area contributed by atoms with Crippen LogP contribution in [-0.2, 0) is 6.54 Å². The minimum Gasteiger partial charge on any atom is -0.329 e. The van der Waals surface area contributed by atoms with Crippen LogP contribution in [0.3, 0.4) is 0 Å². The fourth-order valence-corrected chi connectivity index (χ4v) is 3.57. The number of hydrogen-bond donors (Lipinski definition) is 1. The molecule has 2 aromatic carbocycles. The zero-order chi connectivity index (χ0) is 20.5. The molecule has 29 heavy (non-hydrogen) atoms. The summed E-state index contributed by atoms with van der Waals surface area (Å²) in [6.07, 6.45) is 1.50. The predicted molar refractivity (Wildman–Crippen MR) is 117 cm³/mol. The summed E-state index contributed by atoms with van der Waals surface area (Å²) in [4.78, 5) is 21.4. The highest BCUT2D eigenvalue weighted by molar-refractivity contribution is 6.32. The van der Waals surface area contributed by atoms with E-state index in [-0.39, 0.29) is 5.91 Å². The van der Waals surface area contributed by atoms with Gasteiger partial charge in [-0.05, 0) is 56.7 Å². The summed E-state index contributed by atoms with van der Waals surface area (Å²) in [5, 5.41) is 5.34. The first-order valence-electron chi connectivity index (χ1n) is 9.33. The van der Waals surface area contributed by atoms with E-state index in [9.17, 15) is 4.79 Å². The quantitative estimate of drug-likeness (QED) is 0.305. The molecule has 0 spiro atoms. The third-order valence-electron chi connectivity index (χ3n) is 4.84. The fourth-order valence-electron chi connectivity index (χ4n) is 3.38. The molecule has 0 fully saturated rings. The Bertz CT molecular complexity index is 1280. The Balaban J connectivity index is 1.54. The molecule has 0 radical (unpaired) electrons. The predicted octanol–water partition coefficient (Wildman–Crippen LogP) is 4.64. The number of aryl methyl sites for hydroxylation is 3. The van der Waals surface area contributed by atoms with Gasteiger partial charge in [0.15, 0.2) is 0 Å². The minimum atomic E-state index is -0.313. The maximum Gasteiger partial charge on any atom is 0.271 e. The third-order valence-corrected chi connectivity index (χ3v) is 5.14. The molecule has 2 heterocycles. The van der Waals surface area contributed by atoms with Crippen molar-refractivity contribution >= 4 is 45.7 Å². The van der Waals surface area contributed by atoms with E-state index in [0.29, 0.717) is 16.3 Å². The lowest BCUT2D eigenvalue weighted by Crippen LogP contribution is -2.17. The third kappa shape index (κ3) is 3.71. The average Bonchev–Trinajstić information content (AvgIpc) is 3.02. The molecule has 0 unspecified atom stereocenters. The molecule has 7 heteroatoms. The van der Waals surface area contributed by atoms with Crippen molar-refractivity contribution in [2.75, 3.05) is 0 Å². The summed E-state index contributed by atoms with van der Waals surface area (Å²) in [7, 11) is 0. The van der Waals surface area contributed by atoms with Gasteiger partial charge in [-0.15, -0.1) is 0 Å². The van der Waals surface area contributed by atoms with Gasteiger partial charge < -0.3 is 4.57 Å². The molecule has 0 bridgehead atoms. The van der Waals surface area contributed by atoms with Gasteiger partial charge in [0, 0.05) is 23.1 Å². The van der Waals surface area contributed by atoms with Crippen LogP contribution in [0, 0.1) is 13.8 Å². The van der Waals surface area contributed by atoms with Crippen molar-refractivity contribution in [3.05, 3.63) is 70.1 Å². The van der Waals surface area contributed by atoms with Crippen molar-refractivity contribution in [3.8, 4) is 0 Å². The number of pyridine rings is 1. The molecule has 146 valence electrons.